The second-order valence-electron chi connectivity index (χ2n) is 8.85. The van der Waals surface area contributed by atoms with E-state index in [0.717, 1.165) is 0 Å². The molecule has 2 heteroatoms. The highest BCUT2D eigenvalue weighted by molar-refractivity contribution is 7.60. The maximum Gasteiger partial charge on any atom is 0.0771 e. The Morgan fingerprint density at radius 3 is 1.79 bits per heavy atom. The monoisotopic (exact) mass is 296 g/mol. The zero-order valence-electron chi connectivity index (χ0n) is 14.5. The standard InChI is InChI=1S/C17H33PSi/c1-16(2,3)18(17(4,5)6)13-14-10-11-15(12-14)19(7,8)9/h10-12,14H,13H2,1-9H3. The number of rotatable bonds is 3. The molecule has 0 amide bonds. The van der Waals surface area contributed by atoms with Crippen LogP contribution in [0.5, 0.6) is 0 Å². The Bertz CT molecular complexity index is 358. The van der Waals surface area contributed by atoms with Crippen LogP contribution in [0.15, 0.2) is 23.4 Å². The van der Waals surface area contributed by atoms with Crippen LogP contribution in [0.2, 0.25) is 19.6 Å². The molecule has 0 fully saturated rings. The van der Waals surface area contributed by atoms with Gasteiger partial charge in [0.2, 0.25) is 0 Å². The molecule has 1 aliphatic carbocycles. The first-order valence-corrected chi connectivity index (χ1v) is 12.5. The van der Waals surface area contributed by atoms with Crippen LogP contribution in [-0.4, -0.2) is 24.5 Å². The molecule has 0 aromatic carbocycles. The quantitative estimate of drug-likeness (QED) is 0.439. The van der Waals surface area contributed by atoms with Crippen molar-refractivity contribution in [2.24, 2.45) is 5.92 Å². The van der Waals surface area contributed by atoms with Gasteiger partial charge in [-0.3, -0.25) is 0 Å². The molecular weight excluding hydrogens is 263 g/mol. The SMILES string of the molecule is CC(C)(C)P(CC1C=CC([Si](C)(C)C)=C1)C(C)(C)C. The molecule has 0 heterocycles. The van der Waals surface area contributed by atoms with Gasteiger partial charge in [0.1, 0.15) is 0 Å². The van der Waals surface area contributed by atoms with Crippen LogP contribution in [0.3, 0.4) is 0 Å². The minimum absolute atomic E-state index is 0.0109. The van der Waals surface area contributed by atoms with Crippen molar-refractivity contribution in [1.82, 2.24) is 0 Å². The summed E-state index contributed by atoms with van der Waals surface area (Å²) in [5.41, 5.74) is 0. The molecule has 0 radical (unpaired) electrons. The minimum Gasteiger partial charge on any atom is -0.0947 e. The van der Waals surface area contributed by atoms with Gasteiger partial charge in [0.05, 0.1) is 8.07 Å². The first-order valence-electron chi connectivity index (χ1n) is 7.50. The minimum atomic E-state index is -1.13. The van der Waals surface area contributed by atoms with E-state index in [-0.39, 0.29) is 7.92 Å². The molecule has 0 spiro atoms. The summed E-state index contributed by atoms with van der Waals surface area (Å²) in [6.07, 6.45) is 8.79. The van der Waals surface area contributed by atoms with Crippen LogP contribution in [-0.2, 0) is 0 Å². The van der Waals surface area contributed by atoms with Gasteiger partial charge in [-0.15, -0.1) is 0 Å². The van der Waals surface area contributed by atoms with Crippen molar-refractivity contribution >= 4 is 16.0 Å². The second kappa shape index (κ2) is 5.49. The van der Waals surface area contributed by atoms with E-state index in [1.165, 1.54) is 6.16 Å². The van der Waals surface area contributed by atoms with Crippen molar-refractivity contribution in [2.45, 2.75) is 71.5 Å². The Balaban J connectivity index is 2.85. The average Bonchev–Trinajstić information content (AvgIpc) is 2.57. The Labute approximate surface area is 123 Å². The zero-order valence-corrected chi connectivity index (χ0v) is 16.4. The van der Waals surface area contributed by atoms with Crippen molar-refractivity contribution in [1.29, 1.82) is 0 Å². The first kappa shape index (κ1) is 17.2. The van der Waals surface area contributed by atoms with E-state index in [9.17, 15) is 0 Å². The van der Waals surface area contributed by atoms with Crippen molar-refractivity contribution < 1.29 is 0 Å². The highest BCUT2D eigenvalue weighted by Crippen LogP contribution is 2.60. The third kappa shape index (κ3) is 4.87. The fourth-order valence-electron chi connectivity index (χ4n) is 2.95. The number of hydrogen-bond acceptors (Lipinski definition) is 0. The van der Waals surface area contributed by atoms with Crippen LogP contribution < -0.4 is 0 Å². The molecule has 1 unspecified atom stereocenters. The van der Waals surface area contributed by atoms with Crippen molar-refractivity contribution in [3.63, 3.8) is 0 Å². The number of allylic oxidation sites excluding steroid dienone is 4. The van der Waals surface area contributed by atoms with Crippen molar-refractivity contribution in [3.05, 3.63) is 23.4 Å². The summed E-state index contributed by atoms with van der Waals surface area (Å²) >= 11 is 0. The van der Waals surface area contributed by atoms with Gasteiger partial charge in [0, 0.05) is 0 Å². The van der Waals surface area contributed by atoms with Gasteiger partial charge in [-0.25, -0.2) is 0 Å². The van der Waals surface area contributed by atoms with E-state index in [4.69, 9.17) is 0 Å². The molecule has 0 saturated heterocycles. The molecule has 1 atom stereocenters. The smallest absolute Gasteiger partial charge is 0.0771 e. The van der Waals surface area contributed by atoms with E-state index in [1.54, 1.807) is 5.20 Å². The topological polar surface area (TPSA) is 0 Å². The highest BCUT2D eigenvalue weighted by Gasteiger charge is 2.35. The Morgan fingerprint density at radius 1 is 1.00 bits per heavy atom. The van der Waals surface area contributed by atoms with Gasteiger partial charge < -0.3 is 0 Å². The van der Waals surface area contributed by atoms with Gasteiger partial charge in [0.15, 0.2) is 0 Å². The predicted molar refractivity (Wildman–Crippen MR) is 95.4 cm³/mol. The lowest BCUT2D eigenvalue weighted by Crippen LogP contribution is -2.28. The first-order chi connectivity index (χ1) is 8.32. The van der Waals surface area contributed by atoms with E-state index < -0.39 is 8.07 Å². The van der Waals surface area contributed by atoms with Gasteiger partial charge >= 0.3 is 0 Å². The summed E-state index contributed by atoms with van der Waals surface area (Å²) in [6.45, 7) is 21.9. The Morgan fingerprint density at radius 2 is 1.47 bits per heavy atom. The van der Waals surface area contributed by atoms with Crippen LogP contribution in [0.25, 0.3) is 0 Å². The molecule has 1 rings (SSSR count). The van der Waals surface area contributed by atoms with E-state index in [2.05, 4.69) is 79.4 Å². The summed E-state index contributed by atoms with van der Waals surface area (Å²) in [4.78, 5) is 0. The fourth-order valence-corrected chi connectivity index (χ4v) is 8.01. The van der Waals surface area contributed by atoms with Crippen LogP contribution in [0.4, 0.5) is 0 Å². The van der Waals surface area contributed by atoms with Crippen LogP contribution in [0, 0.1) is 5.92 Å². The molecule has 1 aliphatic rings. The highest BCUT2D eigenvalue weighted by atomic mass is 31.1. The van der Waals surface area contributed by atoms with E-state index >= 15 is 0 Å². The molecule has 0 aliphatic heterocycles. The summed E-state index contributed by atoms with van der Waals surface area (Å²) in [6, 6.07) is 0. The molecule has 0 N–H and O–H groups in total. The summed E-state index contributed by atoms with van der Waals surface area (Å²) in [5, 5.41) is 2.53. The molecule has 0 saturated carbocycles. The Kier molecular flexibility index (Phi) is 4.96. The van der Waals surface area contributed by atoms with Gasteiger partial charge in [-0.05, 0) is 22.4 Å². The Hall–Kier alpha value is 0.127. The lowest BCUT2D eigenvalue weighted by atomic mass is 10.2. The van der Waals surface area contributed by atoms with Gasteiger partial charge in [0.25, 0.3) is 0 Å². The second-order valence-corrected chi connectivity index (χ2v) is 17.8. The van der Waals surface area contributed by atoms with Gasteiger partial charge in [-0.2, -0.15) is 0 Å². The lowest BCUT2D eigenvalue weighted by molar-refractivity contribution is 0.695. The van der Waals surface area contributed by atoms with E-state index in [0.29, 0.717) is 16.2 Å². The molecular formula is C17H33PSi. The molecule has 0 nitrogen and oxygen atoms in total. The molecule has 110 valence electrons. The van der Waals surface area contributed by atoms with E-state index in [1.807, 2.05) is 0 Å². The predicted octanol–water partition coefficient (Wildman–Crippen LogP) is 6.06. The molecule has 19 heavy (non-hydrogen) atoms. The normalized spacial score (nSPS) is 21.2. The maximum absolute atomic E-state index is 2.57. The summed E-state index contributed by atoms with van der Waals surface area (Å²) in [7, 11) is -1.12. The van der Waals surface area contributed by atoms with Crippen molar-refractivity contribution in [3.8, 4) is 0 Å². The average molecular weight is 297 g/mol. The fraction of sp³-hybridized carbons (Fsp3) is 0.765. The van der Waals surface area contributed by atoms with Crippen LogP contribution in [0.1, 0.15) is 41.5 Å². The molecule has 0 aromatic rings. The molecule has 0 aromatic heterocycles. The third-order valence-electron chi connectivity index (χ3n) is 3.80. The van der Waals surface area contributed by atoms with Gasteiger partial charge in [-0.1, -0.05) is 92.5 Å². The van der Waals surface area contributed by atoms with Crippen LogP contribution >= 0.6 is 7.92 Å². The summed E-state index contributed by atoms with van der Waals surface area (Å²) in [5.74, 6) is 0.686. The maximum atomic E-state index is 2.57. The van der Waals surface area contributed by atoms with Crippen molar-refractivity contribution in [2.75, 3.05) is 6.16 Å². The number of hydrogen-bond donors (Lipinski definition) is 0. The summed E-state index contributed by atoms with van der Waals surface area (Å²) < 4.78 is 0. The zero-order chi connectivity index (χ0) is 15.1. The largest absolute Gasteiger partial charge is 0.0947 e. The third-order valence-corrected chi connectivity index (χ3v) is 9.89. The lowest BCUT2D eigenvalue weighted by Gasteiger charge is -2.42. The molecule has 0 bridgehead atoms.